The van der Waals surface area contributed by atoms with Crippen molar-refractivity contribution < 1.29 is 13.5 Å². The Balaban J connectivity index is 2.44. The second kappa shape index (κ2) is 5.44. The van der Waals surface area contributed by atoms with E-state index in [9.17, 15) is 8.78 Å². The normalized spacial score (nSPS) is 10.3. The Morgan fingerprint density at radius 3 is 2.58 bits per heavy atom. The molecule has 2 aromatic carbocycles. The molecule has 0 fully saturated rings. The quantitative estimate of drug-likeness (QED) is 0.835. The van der Waals surface area contributed by atoms with Crippen LogP contribution in [0.25, 0.3) is 0 Å². The molecule has 0 aliphatic heterocycles. The number of anilines is 3. The van der Waals surface area contributed by atoms with Crippen molar-refractivity contribution in [3.8, 4) is 5.75 Å². The number of ether oxygens (including phenoxy) is 1. The predicted molar refractivity (Wildman–Crippen MR) is 74.7 cm³/mol. The molecule has 2 aromatic rings. The summed E-state index contributed by atoms with van der Waals surface area (Å²) in [7, 11) is 1.42. The first-order valence-corrected chi connectivity index (χ1v) is 6.16. The van der Waals surface area contributed by atoms with E-state index < -0.39 is 11.6 Å². The van der Waals surface area contributed by atoms with Crippen molar-refractivity contribution in [3.63, 3.8) is 0 Å². The molecule has 0 unspecified atom stereocenters. The van der Waals surface area contributed by atoms with E-state index in [-0.39, 0.29) is 17.1 Å². The van der Waals surface area contributed by atoms with E-state index in [1.807, 2.05) is 0 Å². The Bertz CT molecular complexity index is 600. The molecule has 0 aliphatic carbocycles. The van der Waals surface area contributed by atoms with Gasteiger partial charge in [-0.2, -0.15) is 0 Å². The molecule has 0 bridgehead atoms. The van der Waals surface area contributed by atoms with Crippen LogP contribution in [0.4, 0.5) is 25.8 Å². The molecule has 0 atom stereocenters. The number of methoxy groups -OCH3 is 1. The van der Waals surface area contributed by atoms with Crippen LogP contribution in [-0.2, 0) is 0 Å². The summed E-state index contributed by atoms with van der Waals surface area (Å²) < 4.78 is 32.9. The summed E-state index contributed by atoms with van der Waals surface area (Å²) in [5.74, 6) is -0.769. The van der Waals surface area contributed by atoms with E-state index in [0.717, 1.165) is 6.07 Å². The fraction of sp³-hybridized carbons (Fsp3) is 0.0769. The van der Waals surface area contributed by atoms with Gasteiger partial charge in [0, 0.05) is 16.6 Å². The van der Waals surface area contributed by atoms with Crippen LogP contribution >= 0.6 is 15.9 Å². The average Bonchev–Trinajstić information content (AvgIpc) is 2.36. The lowest BCUT2D eigenvalue weighted by molar-refractivity contribution is 0.416. The highest BCUT2D eigenvalue weighted by molar-refractivity contribution is 9.10. The van der Waals surface area contributed by atoms with Gasteiger partial charge in [0.05, 0.1) is 24.2 Å². The van der Waals surface area contributed by atoms with Gasteiger partial charge in [-0.05, 0) is 28.1 Å². The standard InChI is InChI=1S/C13H11BrF2N2O/c1-19-12-6-11(9(16)5-10(12)17)18-13-7(14)3-2-4-8(13)15/h2-6,18H,17H2,1H3. The molecule has 6 heteroatoms. The molecule has 3 N–H and O–H groups in total. The highest BCUT2D eigenvalue weighted by Gasteiger charge is 2.12. The van der Waals surface area contributed by atoms with Gasteiger partial charge < -0.3 is 15.8 Å². The summed E-state index contributed by atoms with van der Waals surface area (Å²) in [4.78, 5) is 0. The van der Waals surface area contributed by atoms with E-state index in [4.69, 9.17) is 10.5 Å². The third-order valence-corrected chi connectivity index (χ3v) is 3.20. The largest absolute Gasteiger partial charge is 0.495 e. The highest BCUT2D eigenvalue weighted by Crippen LogP contribution is 2.33. The number of nitrogens with two attached hydrogens (primary N) is 1. The molecule has 0 radical (unpaired) electrons. The Morgan fingerprint density at radius 1 is 1.21 bits per heavy atom. The first-order chi connectivity index (χ1) is 9.02. The minimum Gasteiger partial charge on any atom is -0.495 e. The molecule has 0 aliphatic rings. The summed E-state index contributed by atoms with van der Waals surface area (Å²) in [5.41, 5.74) is 5.98. The van der Waals surface area contributed by atoms with Crippen LogP contribution in [0.2, 0.25) is 0 Å². The van der Waals surface area contributed by atoms with Crippen LogP contribution in [0, 0.1) is 11.6 Å². The molecule has 3 nitrogen and oxygen atoms in total. The maximum Gasteiger partial charge on any atom is 0.148 e. The Labute approximate surface area is 117 Å². The Kier molecular flexibility index (Phi) is 3.90. The monoisotopic (exact) mass is 328 g/mol. The van der Waals surface area contributed by atoms with Crippen LogP contribution in [0.1, 0.15) is 0 Å². The second-order valence-corrected chi connectivity index (χ2v) is 4.65. The van der Waals surface area contributed by atoms with Crippen molar-refractivity contribution in [2.45, 2.75) is 0 Å². The summed E-state index contributed by atoms with van der Waals surface area (Å²) in [6.45, 7) is 0. The lowest BCUT2D eigenvalue weighted by Crippen LogP contribution is -2.00. The third-order valence-electron chi connectivity index (χ3n) is 2.54. The molecule has 0 aromatic heterocycles. The van der Waals surface area contributed by atoms with E-state index >= 15 is 0 Å². The predicted octanol–water partition coefficient (Wildman–Crippen LogP) is 4.06. The molecule has 19 heavy (non-hydrogen) atoms. The van der Waals surface area contributed by atoms with E-state index in [2.05, 4.69) is 21.2 Å². The highest BCUT2D eigenvalue weighted by atomic mass is 79.9. The van der Waals surface area contributed by atoms with Crippen molar-refractivity contribution in [2.24, 2.45) is 0 Å². The smallest absolute Gasteiger partial charge is 0.148 e. The number of hydrogen-bond donors (Lipinski definition) is 2. The van der Waals surface area contributed by atoms with E-state index in [0.29, 0.717) is 10.2 Å². The van der Waals surface area contributed by atoms with Gasteiger partial charge in [-0.3, -0.25) is 0 Å². The summed E-state index contributed by atoms with van der Waals surface area (Å²) >= 11 is 3.20. The minimum atomic E-state index is -0.589. The molecule has 100 valence electrons. The van der Waals surface area contributed by atoms with E-state index in [1.165, 1.54) is 19.2 Å². The topological polar surface area (TPSA) is 47.3 Å². The maximum atomic E-state index is 13.8. The van der Waals surface area contributed by atoms with Crippen molar-refractivity contribution in [3.05, 3.63) is 46.4 Å². The Morgan fingerprint density at radius 2 is 1.95 bits per heavy atom. The van der Waals surface area contributed by atoms with Crippen molar-refractivity contribution in [1.82, 2.24) is 0 Å². The lowest BCUT2D eigenvalue weighted by atomic mass is 10.2. The second-order valence-electron chi connectivity index (χ2n) is 3.80. The van der Waals surface area contributed by atoms with Gasteiger partial charge in [0.2, 0.25) is 0 Å². The zero-order valence-corrected chi connectivity index (χ0v) is 11.6. The number of hydrogen-bond acceptors (Lipinski definition) is 3. The molecule has 2 rings (SSSR count). The van der Waals surface area contributed by atoms with Gasteiger partial charge in [-0.1, -0.05) is 6.07 Å². The van der Waals surface area contributed by atoms with Gasteiger partial charge in [0.1, 0.15) is 17.4 Å². The molecular weight excluding hydrogens is 318 g/mol. The van der Waals surface area contributed by atoms with E-state index in [1.54, 1.807) is 12.1 Å². The molecular formula is C13H11BrF2N2O. The van der Waals surface area contributed by atoms with Crippen LogP contribution in [-0.4, -0.2) is 7.11 Å². The number of rotatable bonds is 3. The van der Waals surface area contributed by atoms with Crippen molar-refractivity contribution in [1.29, 1.82) is 0 Å². The SMILES string of the molecule is COc1cc(Nc2c(F)cccc2Br)c(F)cc1N. The van der Waals surface area contributed by atoms with Crippen molar-refractivity contribution in [2.75, 3.05) is 18.2 Å². The summed E-state index contributed by atoms with van der Waals surface area (Å²) in [6.07, 6.45) is 0. The fourth-order valence-corrected chi connectivity index (χ4v) is 2.03. The maximum absolute atomic E-state index is 13.8. The molecule has 0 spiro atoms. The number of para-hydroxylation sites is 1. The summed E-state index contributed by atoms with van der Waals surface area (Å²) in [6, 6.07) is 6.97. The van der Waals surface area contributed by atoms with Crippen LogP contribution in [0.15, 0.2) is 34.8 Å². The first kappa shape index (κ1) is 13.6. The van der Waals surface area contributed by atoms with Gasteiger partial charge >= 0.3 is 0 Å². The molecule has 0 amide bonds. The summed E-state index contributed by atoms with van der Waals surface area (Å²) in [5, 5.41) is 2.68. The number of halogens is 3. The molecule has 0 saturated carbocycles. The number of benzene rings is 2. The zero-order valence-electron chi connectivity index (χ0n) is 10.0. The van der Waals surface area contributed by atoms with Crippen LogP contribution in [0.5, 0.6) is 5.75 Å². The number of nitrogens with one attached hydrogen (secondary N) is 1. The van der Waals surface area contributed by atoms with Crippen molar-refractivity contribution >= 4 is 33.0 Å². The third kappa shape index (κ3) is 2.78. The molecule has 0 saturated heterocycles. The van der Waals surface area contributed by atoms with Crippen LogP contribution < -0.4 is 15.8 Å². The van der Waals surface area contributed by atoms with Gasteiger partial charge in [0.25, 0.3) is 0 Å². The van der Waals surface area contributed by atoms with Gasteiger partial charge in [-0.15, -0.1) is 0 Å². The van der Waals surface area contributed by atoms with Gasteiger partial charge in [-0.25, -0.2) is 8.78 Å². The zero-order chi connectivity index (χ0) is 14.0. The number of nitrogen functional groups attached to an aromatic ring is 1. The average molecular weight is 329 g/mol. The Hall–Kier alpha value is -1.82. The first-order valence-electron chi connectivity index (χ1n) is 5.37. The minimum absolute atomic E-state index is 0.0804. The van der Waals surface area contributed by atoms with Crippen LogP contribution in [0.3, 0.4) is 0 Å². The lowest BCUT2D eigenvalue weighted by Gasteiger charge is -2.13. The van der Waals surface area contributed by atoms with Gasteiger partial charge in [0.15, 0.2) is 0 Å². The molecule has 0 heterocycles. The fourth-order valence-electron chi connectivity index (χ4n) is 1.59.